The Bertz CT molecular complexity index is 757. The lowest BCUT2D eigenvalue weighted by atomic mass is 9.98. The summed E-state index contributed by atoms with van der Waals surface area (Å²) in [5, 5.41) is 11.7. The van der Waals surface area contributed by atoms with Crippen molar-refractivity contribution < 1.29 is 19.4 Å². The van der Waals surface area contributed by atoms with Gasteiger partial charge in [0.15, 0.2) is 0 Å². The van der Waals surface area contributed by atoms with Gasteiger partial charge in [-0.3, -0.25) is 9.59 Å². The number of nitrogen functional groups attached to an aromatic ring is 1. The van der Waals surface area contributed by atoms with E-state index in [1.165, 1.54) is 7.11 Å². The van der Waals surface area contributed by atoms with Crippen LogP contribution in [-0.4, -0.2) is 24.1 Å². The first-order chi connectivity index (χ1) is 11.9. The summed E-state index contributed by atoms with van der Waals surface area (Å²) in [4.78, 5) is 22.9. The van der Waals surface area contributed by atoms with Crippen LogP contribution in [-0.2, 0) is 16.0 Å². The standard InChI is InChI=1S/C19H22N2O4/c1-12(9-19(23)24)14-4-6-15(7-5-14)21-18(22)11-13-3-8-16(20)17(10-13)25-2/h3-8,10,12H,9,11,20H2,1-2H3,(H,21,22)(H,23,24). The van der Waals surface area contributed by atoms with E-state index in [0.717, 1.165) is 11.1 Å². The van der Waals surface area contributed by atoms with Gasteiger partial charge in [-0.25, -0.2) is 0 Å². The number of carbonyl (C=O) groups is 2. The smallest absolute Gasteiger partial charge is 0.303 e. The molecule has 6 nitrogen and oxygen atoms in total. The van der Waals surface area contributed by atoms with E-state index in [2.05, 4.69) is 5.32 Å². The molecule has 0 aliphatic heterocycles. The zero-order valence-electron chi connectivity index (χ0n) is 14.3. The molecule has 2 aromatic carbocycles. The Kier molecular flexibility index (Phi) is 6.00. The van der Waals surface area contributed by atoms with Crippen molar-refractivity contribution in [2.45, 2.75) is 25.7 Å². The largest absolute Gasteiger partial charge is 0.495 e. The van der Waals surface area contributed by atoms with E-state index in [1.54, 1.807) is 30.3 Å². The maximum atomic E-state index is 12.2. The summed E-state index contributed by atoms with van der Waals surface area (Å²) in [6, 6.07) is 12.4. The lowest BCUT2D eigenvalue weighted by Crippen LogP contribution is -2.14. The van der Waals surface area contributed by atoms with Crippen LogP contribution < -0.4 is 15.8 Å². The predicted octanol–water partition coefficient (Wildman–Crippen LogP) is 3.04. The Morgan fingerprint density at radius 2 is 1.88 bits per heavy atom. The molecule has 0 fully saturated rings. The number of anilines is 2. The summed E-state index contributed by atoms with van der Waals surface area (Å²) in [5.41, 5.74) is 8.67. The molecule has 0 radical (unpaired) electrons. The fraction of sp³-hybridized carbons (Fsp3) is 0.263. The van der Waals surface area contributed by atoms with Crippen molar-refractivity contribution in [3.05, 3.63) is 53.6 Å². The summed E-state index contributed by atoms with van der Waals surface area (Å²) in [6.07, 6.45) is 0.276. The molecule has 0 saturated heterocycles. The minimum absolute atomic E-state index is 0.0741. The summed E-state index contributed by atoms with van der Waals surface area (Å²) in [6.45, 7) is 1.86. The van der Waals surface area contributed by atoms with E-state index < -0.39 is 5.97 Å². The quantitative estimate of drug-likeness (QED) is 0.671. The molecule has 0 aliphatic rings. The van der Waals surface area contributed by atoms with Gasteiger partial charge in [-0.05, 0) is 41.3 Å². The van der Waals surface area contributed by atoms with E-state index >= 15 is 0 Å². The van der Waals surface area contributed by atoms with E-state index in [4.69, 9.17) is 15.6 Å². The van der Waals surface area contributed by atoms with Crippen LogP contribution in [0.25, 0.3) is 0 Å². The minimum Gasteiger partial charge on any atom is -0.495 e. The van der Waals surface area contributed by atoms with Crippen LogP contribution in [0.2, 0.25) is 0 Å². The van der Waals surface area contributed by atoms with Crippen molar-refractivity contribution in [3.8, 4) is 5.75 Å². The zero-order valence-corrected chi connectivity index (χ0v) is 14.3. The second-order valence-corrected chi connectivity index (χ2v) is 5.92. The molecule has 0 aromatic heterocycles. The number of carbonyl (C=O) groups excluding carboxylic acids is 1. The van der Waals surface area contributed by atoms with Gasteiger partial charge in [0.05, 0.1) is 25.6 Å². The summed E-state index contributed by atoms with van der Waals surface area (Å²) < 4.78 is 5.15. The number of benzene rings is 2. The molecule has 2 aromatic rings. The number of nitrogens with two attached hydrogens (primary N) is 1. The Hall–Kier alpha value is -3.02. The summed E-state index contributed by atoms with van der Waals surface area (Å²) >= 11 is 0. The molecule has 0 saturated carbocycles. The highest BCUT2D eigenvalue weighted by molar-refractivity contribution is 5.92. The van der Waals surface area contributed by atoms with Crippen LogP contribution >= 0.6 is 0 Å². The third kappa shape index (κ3) is 5.24. The van der Waals surface area contributed by atoms with Crippen molar-refractivity contribution in [3.63, 3.8) is 0 Å². The Morgan fingerprint density at radius 3 is 2.48 bits per heavy atom. The van der Waals surface area contributed by atoms with Crippen molar-refractivity contribution >= 4 is 23.3 Å². The third-order valence-electron chi connectivity index (χ3n) is 3.91. The van der Waals surface area contributed by atoms with Crippen LogP contribution in [0.1, 0.15) is 30.4 Å². The average molecular weight is 342 g/mol. The van der Waals surface area contributed by atoms with E-state index in [0.29, 0.717) is 17.1 Å². The number of rotatable bonds is 7. The van der Waals surface area contributed by atoms with E-state index in [-0.39, 0.29) is 24.7 Å². The molecule has 0 spiro atoms. The molecule has 1 unspecified atom stereocenters. The van der Waals surface area contributed by atoms with Crippen LogP contribution in [0.5, 0.6) is 5.75 Å². The molecule has 0 heterocycles. The minimum atomic E-state index is -0.830. The molecule has 6 heteroatoms. The second-order valence-electron chi connectivity index (χ2n) is 5.92. The highest BCUT2D eigenvalue weighted by atomic mass is 16.5. The first-order valence-corrected chi connectivity index (χ1v) is 7.93. The molecule has 0 bridgehead atoms. The molecule has 1 amide bonds. The molecule has 4 N–H and O–H groups in total. The monoisotopic (exact) mass is 342 g/mol. The molecule has 2 rings (SSSR count). The number of hydrogen-bond acceptors (Lipinski definition) is 4. The number of nitrogens with one attached hydrogen (secondary N) is 1. The normalized spacial score (nSPS) is 11.6. The molecule has 25 heavy (non-hydrogen) atoms. The van der Waals surface area contributed by atoms with Gasteiger partial charge < -0.3 is 20.9 Å². The van der Waals surface area contributed by atoms with Gasteiger partial charge >= 0.3 is 5.97 Å². The van der Waals surface area contributed by atoms with Gasteiger partial charge in [0.25, 0.3) is 0 Å². The summed E-state index contributed by atoms with van der Waals surface area (Å²) in [7, 11) is 1.53. The van der Waals surface area contributed by atoms with Crippen molar-refractivity contribution in [2.75, 3.05) is 18.2 Å². The maximum Gasteiger partial charge on any atom is 0.303 e. The van der Waals surface area contributed by atoms with Gasteiger partial charge in [0.1, 0.15) is 5.75 Å². The Morgan fingerprint density at radius 1 is 1.20 bits per heavy atom. The molecule has 0 aliphatic carbocycles. The van der Waals surface area contributed by atoms with Gasteiger partial charge in [-0.2, -0.15) is 0 Å². The number of amides is 1. The van der Waals surface area contributed by atoms with Crippen molar-refractivity contribution in [1.82, 2.24) is 0 Å². The average Bonchev–Trinajstić information content (AvgIpc) is 2.56. The fourth-order valence-electron chi connectivity index (χ4n) is 2.53. The lowest BCUT2D eigenvalue weighted by Gasteiger charge is -2.11. The van der Waals surface area contributed by atoms with Gasteiger partial charge in [0.2, 0.25) is 5.91 Å². The molecule has 1 atom stereocenters. The van der Waals surface area contributed by atoms with Crippen molar-refractivity contribution in [2.24, 2.45) is 0 Å². The van der Waals surface area contributed by atoms with Gasteiger partial charge in [0, 0.05) is 5.69 Å². The second kappa shape index (κ2) is 8.19. The first-order valence-electron chi connectivity index (χ1n) is 7.93. The number of carboxylic acids is 1. The lowest BCUT2D eigenvalue weighted by molar-refractivity contribution is -0.137. The Balaban J connectivity index is 1.97. The predicted molar refractivity (Wildman–Crippen MR) is 96.8 cm³/mol. The number of aliphatic carboxylic acids is 1. The SMILES string of the molecule is COc1cc(CC(=O)Nc2ccc(C(C)CC(=O)O)cc2)ccc1N. The molecular weight excluding hydrogens is 320 g/mol. The number of ether oxygens (including phenoxy) is 1. The molecule has 132 valence electrons. The van der Waals surface area contributed by atoms with Crippen molar-refractivity contribution in [1.29, 1.82) is 0 Å². The third-order valence-corrected chi connectivity index (χ3v) is 3.91. The Labute approximate surface area is 146 Å². The van der Waals surface area contributed by atoms with Crippen LogP contribution in [0.4, 0.5) is 11.4 Å². The van der Waals surface area contributed by atoms with Gasteiger partial charge in [-0.1, -0.05) is 25.1 Å². The van der Waals surface area contributed by atoms with Gasteiger partial charge in [-0.15, -0.1) is 0 Å². The van der Waals surface area contributed by atoms with Crippen LogP contribution in [0, 0.1) is 0 Å². The highest BCUT2D eigenvalue weighted by Crippen LogP contribution is 2.23. The first kappa shape index (κ1) is 18.3. The molecular formula is C19H22N2O4. The number of methoxy groups -OCH3 is 1. The van der Waals surface area contributed by atoms with Crippen LogP contribution in [0.15, 0.2) is 42.5 Å². The van der Waals surface area contributed by atoms with E-state index in [1.807, 2.05) is 19.1 Å². The maximum absolute atomic E-state index is 12.2. The summed E-state index contributed by atoms with van der Waals surface area (Å²) in [5.74, 6) is -0.520. The fourth-order valence-corrected chi connectivity index (χ4v) is 2.53. The number of carboxylic acid groups (broad SMARTS) is 1. The van der Waals surface area contributed by atoms with E-state index in [9.17, 15) is 9.59 Å². The number of hydrogen-bond donors (Lipinski definition) is 3. The highest BCUT2D eigenvalue weighted by Gasteiger charge is 2.11. The topological polar surface area (TPSA) is 102 Å². The van der Waals surface area contributed by atoms with Crippen LogP contribution in [0.3, 0.4) is 0 Å². The zero-order chi connectivity index (χ0) is 18.4.